The van der Waals surface area contributed by atoms with Gasteiger partial charge in [-0.2, -0.15) is 5.10 Å². The van der Waals surface area contributed by atoms with Crippen molar-refractivity contribution in [1.29, 1.82) is 0 Å². The number of aryl methyl sites for hydroxylation is 2. The second-order valence-electron chi connectivity index (χ2n) is 9.41. The fourth-order valence-corrected chi connectivity index (χ4v) is 4.81. The Morgan fingerprint density at radius 3 is 2.45 bits per heavy atom. The van der Waals surface area contributed by atoms with Gasteiger partial charge in [-0.3, -0.25) is 9.59 Å². The lowest BCUT2D eigenvalue weighted by Gasteiger charge is -2.31. The van der Waals surface area contributed by atoms with Crippen molar-refractivity contribution in [2.24, 2.45) is 10.9 Å². The standard InChI is InChI=1S/C30H29N5O3/c1-18-13-14-25(19(2)15-18)34-30(37)26-20(3)32-28-24(29(36)33-22-10-6-5-7-11-22)17-31-35(28)27(26)21-9-8-12-23(16-21)38-4/h5-17,26-27H,1-4H3,(H,33,36)(H,34,37). The zero-order valence-electron chi connectivity index (χ0n) is 21.7. The average Bonchev–Trinajstić information content (AvgIpc) is 3.33. The Balaban J connectivity index is 1.56. The van der Waals surface area contributed by atoms with Gasteiger partial charge >= 0.3 is 0 Å². The number of benzene rings is 3. The van der Waals surface area contributed by atoms with Crippen LogP contribution in [0.4, 0.5) is 17.2 Å². The maximum Gasteiger partial charge on any atom is 0.261 e. The highest BCUT2D eigenvalue weighted by Gasteiger charge is 2.40. The smallest absolute Gasteiger partial charge is 0.261 e. The number of rotatable bonds is 6. The maximum atomic E-state index is 13.8. The number of nitrogens with one attached hydrogen (secondary N) is 2. The molecule has 0 radical (unpaired) electrons. The van der Waals surface area contributed by atoms with Crippen LogP contribution < -0.4 is 15.4 Å². The molecule has 2 N–H and O–H groups in total. The number of anilines is 2. The minimum Gasteiger partial charge on any atom is -0.497 e. The van der Waals surface area contributed by atoms with E-state index in [2.05, 4.69) is 15.7 Å². The first-order chi connectivity index (χ1) is 18.4. The van der Waals surface area contributed by atoms with Gasteiger partial charge in [0.2, 0.25) is 5.91 Å². The third-order valence-corrected chi connectivity index (χ3v) is 6.71. The largest absolute Gasteiger partial charge is 0.497 e. The van der Waals surface area contributed by atoms with Gasteiger partial charge in [0, 0.05) is 17.1 Å². The lowest BCUT2D eigenvalue weighted by atomic mass is 9.87. The second kappa shape index (κ2) is 10.3. The van der Waals surface area contributed by atoms with Crippen molar-refractivity contribution >= 4 is 34.7 Å². The summed E-state index contributed by atoms with van der Waals surface area (Å²) in [5.74, 6) is -0.134. The molecule has 0 saturated carbocycles. The van der Waals surface area contributed by atoms with E-state index in [1.54, 1.807) is 11.8 Å². The van der Waals surface area contributed by atoms with E-state index in [-0.39, 0.29) is 11.8 Å². The van der Waals surface area contributed by atoms with E-state index in [1.807, 2.05) is 93.6 Å². The summed E-state index contributed by atoms with van der Waals surface area (Å²) in [7, 11) is 1.60. The number of amides is 2. The maximum absolute atomic E-state index is 13.8. The number of aliphatic imine (C=N–C) groups is 1. The van der Waals surface area contributed by atoms with Gasteiger partial charge in [0.1, 0.15) is 17.2 Å². The fraction of sp³-hybridized carbons (Fsp3) is 0.200. The number of ether oxygens (including phenoxy) is 1. The van der Waals surface area contributed by atoms with Crippen LogP contribution in [0.25, 0.3) is 0 Å². The predicted molar refractivity (Wildman–Crippen MR) is 149 cm³/mol. The first-order valence-corrected chi connectivity index (χ1v) is 12.4. The number of carbonyl (C=O) groups excluding carboxylic acids is 2. The van der Waals surface area contributed by atoms with E-state index in [0.29, 0.717) is 28.5 Å². The SMILES string of the molecule is COc1cccc(C2C(C(=O)Nc3ccc(C)cc3C)C(C)=Nc3c(C(=O)Nc4ccccc4)cnn32)c1. The molecule has 0 aliphatic carbocycles. The Kier molecular flexibility index (Phi) is 6.79. The molecule has 38 heavy (non-hydrogen) atoms. The number of para-hydroxylation sites is 1. The fourth-order valence-electron chi connectivity index (χ4n) is 4.81. The van der Waals surface area contributed by atoms with Gasteiger partial charge in [-0.05, 0) is 62.2 Å². The van der Waals surface area contributed by atoms with Crippen LogP contribution in [0.1, 0.15) is 40.0 Å². The molecule has 0 bridgehead atoms. The lowest BCUT2D eigenvalue weighted by molar-refractivity contribution is -0.118. The summed E-state index contributed by atoms with van der Waals surface area (Å²) in [6.07, 6.45) is 1.50. The molecule has 0 fully saturated rings. The first kappa shape index (κ1) is 25.0. The molecule has 0 saturated heterocycles. The third kappa shape index (κ3) is 4.80. The summed E-state index contributed by atoms with van der Waals surface area (Å²) in [6, 6.07) is 22.1. The lowest BCUT2D eigenvalue weighted by Crippen LogP contribution is -2.39. The number of hydrogen-bond acceptors (Lipinski definition) is 5. The van der Waals surface area contributed by atoms with E-state index >= 15 is 0 Å². The Morgan fingerprint density at radius 2 is 1.71 bits per heavy atom. The quantitative estimate of drug-likeness (QED) is 0.349. The summed E-state index contributed by atoms with van der Waals surface area (Å²) in [5.41, 5.74) is 5.24. The molecule has 8 nitrogen and oxygen atoms in total. The second-order valence-corrected chi connectivity index (χ2v) is 9.41. The van der Waals surface area contributed by atoms with Crippen LogP contribution in [0.5, 0.6) is 5.75 Å². The highest BCUT2D eigenvalue weighted by Crippen LogP contribution is 2.39. The van der Waals surface area contributed by atoms with Crippen molar-refractivity contribution in [3.8, 4) is 5.75 Å². The number of carbonyl (C=O) groups is 2. The summed E-state index contributed by atoms with van der Waals surface area (Å²) >= 11 is 0. The summed E-state index contributed by atoms with van der Waals surface area (Å²) in [4.78, 5) is 31.7. The topological polar surface area (TPSA) is 97.6 Å². The molecule has 1 aliphatic heterocycles. The molecule has 4 aromatic rings. The molecule has 2 atom stereocenters. The van der Waals surface area contributed by atoms with Crippen LogP contribution >= 0.6 is 0 Å². The van der Waals surface area contributed by atoms with E-state index < -0.39 is 12.0 Å². The van der Waals surface area contributed by atoms with Crippen molar-refractivity contribution in [1.82, 2.24) is 9.78 Å². The van der Waals surface area contributed by atoms with E-state index in [1.165, 1.54) is 6.20 Å². The van der Waals surface area contributed by atoms with Gasteiger partial charge in [-0.15, -0.1) is 0 Å². The van der Waals surface area contributed by atoms with Gasteiger partial charge in [-0.25, -0.2) is 9.67 Å². The summed E-state index contributed by atoms with van der Waals surface area (Å²) in [6.45, 7) is 5.79. The number of nitrogens with zero attached hydrogens (tertiary/aromatic N) is 3. The van der Waals surface area contributed by atoms with Crippen molar-refractivity contribution in [3.05, 3.63) is 101 Å². The highest BCUT2D eigenvalue weighted by molar-refractivity contribution is 6.12. The predicted octanol–water partition coefficient (Wildman–Crippen LogP) is 5.71. The Morgan fingerprint density at radius 1 is 0.921 bits per heavy atom. The Labute approximate surface area is 221 Å². The zero-order valence-corrected chi connectivity index (χ0v) is 21.7. The molecule has 3 aromatic carbocycles. The molecule has 5 rings (SSSR count). The van der Waals surface area contributed by atoms with Gasteiger partial charge in [0.15, 0.2) is 5.82 Å². The van der Waals surface area contributed by atoms with E-state index in [4.69, 9.17) is 9.73 Å². The van der Waals surface area contributed by atoms with E-state index in [9.17, 15) is 9.59 Å². The van der Waals surface area contributed by atoms with Crippen LogP contribution in [0, 0.1) is 19.8 Å². The summed E-state index contributed by atoms with van der Waals surface area (Å²) < 4.78 is 7.12. The van der Waals surface area contributed by atoms with Crippen molar-refractivity contribution < 1.29 is 14.3 Å². The van der Waals surface area contributed by atoms with Crippen LogP contribution in [0.2, 0.25) is 0 Å². The molecule has 8 heteroatoms. The van der Waals surface area contributed by atoms with Crippen LogP contribution in [0.15, 0.2) is 84.0 Å². The average molecular weight is 508 g/mol. The summed E-state index contributed by atoms with van der Waals surface area (Å²) in [5, 5.41) is 10.6. The van der Waals surface area contributed by atoms with Gasteiger partial charge in [0.05, 0.1) is 19.3 Å². The number of aromatic nitrogens is 2. The van der Waals surface area contributed by atoms with Gasteiger partial charge in [0.25, 0.3) is 5.91 Å². The monoisotopic (exact) mass is 507 g/mol. The molecule has 2 heterocycles. The van der Waals surface area contributed by atoms with Gasteiger partial charge < -0.3 is 15.4 Å². The van der Waals surface area contributed by atoms with Crippen molar-refractivity contribution in [3.63, 3.8) is 0 Å². The van der Waals surface area contributed by atoms with Crippen LogP contribution in [-0.2, 0) is 4.79 Å². The Bertz CT molecular complexity index is 1540. The van der Waals surface area contributed by atoms with E-state index in [0.717, 1.165) is 22.4 Å². The normalized spacial score (nSPS) is 16.3. The molecule has 1 aliphatic rings. The number of fused-ring (bicyclic) bond motifs is 1. The third-order valence-electron chi connectivity index (χ3n) is 6.71. The molecule has 192 valence electrons. The molecule has 1 aromatic heterocycles. The number of hydrogen-bond donors (Lipinski definition) is 2. The first-order valence-electron chi connectivity index (χ1n) is 12.4. The zero-order chi connectivity index (χ0) is 26.8. The van der Waals surface area contributed by atoms with Crippen molar-refractivity contribution in [2.45, 2.75) is 26.8 Å². The molecule has 2 amide bonds. The van der Waals surface area contributed by atoms with Crippen molar-refractivity contribution in [2.75, 3.05) is 17.7 Å². The van der Waals surface area contributed by atoms with Gasteiger partial charge in [-0.1, -0.05) is 48.0 Å². The van der Waals surface area contributed by atoms with Crippen LogP contribution in [-0.4, -0.2) is 34.4 Å². The molecule has 2 unspecified atom stereocenters. The molecular formula is C30H29N5O3. The minimum atomic E-state index is -0.666. The Hall–Kier alpha value is -4.72. The number of methoxy groups -OCH3 is 1. The van der Waals surface area contributed by atoms with Crippen LogP contribution in [0.3, 0.4) is 0 Å². The molecule has 0 spiro atoms. The minimum absolute atomic E-state index is 0.206. The molecular weight excluding hydrogens is 478 g/mol. The highest BCUT2D eigenvalue weighted by atomic mass is 16.5.